The number of aryl methyl sites for hydroxylation is 1. The maximum atomic E-state index is 12.4. The first kappa shape index (κ1) is 25.4. The van der Waals surface area contributed by atoms with E-state index >= 15 is 0 Å². The van der Waals surface area contributed by atoms with Gasteiger partial charge in [-0.25, -0.2) is 19.7 Å². The number of nitrogens with zero attached hydrogens (tertiary/aromatic N) is 6. The van der Waals surface area contributed by atoms with Crippen molar-refractivity contribution in [2.75, 3.05) is 49.1 Å². The fourth-order valence-electron chi connectivity index (χ4n) is 4.70. The second-order valence-corrected chi connectivity index (χ2v) is 11.7. The molecule has 1 aromatic carbocycles. The van der Waals surface area contributed by atoms with Crippen LogP contribution < -0.4 is 9.80 Å². The molecule has 1 amide bonds. The lowest BCUT2D eigenvalue weighted by Crippen LogP contribution is -2.47. The molecule has 0 bridgehead atoms. The van der Waals surface area contributed by atoms with E-state index in [-0.39, 0.29) is 6.09 Å². The van der Waals surface area contributed by atoms with Gasteiger partial charge in [0.15, 0.2) is 5.13 Å². The third-order valence-corrected chi connectivity index (χ3v) is 7.75. The van der Waals surface area contributed by atoms with Gasteiger partial charge in [0, 0.05) is 51.7 Å². The van der Waals surface area contributed by atoms with E-state index in [1.165, 1.54) is 21.4 Å². The zero-order valence-corrected chi connectivity index (χ0v) is 23.1. The first-order valence-electron chi connectivity index (χ1n) is 13.2. The van der Waals surface area contributed by atoms with E-state index in [9.17, 15) is 4.79 Å². The number of amides is 1. The molecule has 2 aromatic heterocycles. The van der Waals surface area contributed by atoms with E-state index in [0.717, 1.165) is 62.0 Å². The summed E-state index contributed by atoms with van der Waals surface area (Å²) < 4.78 is 6.71. The van der Waals surface area contributed by atoms with Crippen LogP contribution in [0.3, 0.4) is 0 Å². The van der Waals surface area contributed by atoms with Gasteiger partial charge in [0.2, 0.25) is 5.95 Å². The number of fused-ring (bicyclic) bond motifs is 1. The van der Waals surface area contributed by atoms with Gasteiger partial charge in [-0.15, -0.1) is 0 Å². The Bertz CT molecular complexity index is 1270. The Balaban J connectivity index is 1.21. The Morgan fingerprint density at radius 3 is 2.43 bits per heavy atom. The van der Waals surface area contributed by atoms with Crippen molar-refractivity contribution in [2.24, 2.45) is 0 Å². The number of rotatable bonds is 5. The highest BCUT2D eigenvalue weighted by atomic mass is 32.1. The van der Waals surface area contributed by atoms with Crippen molar-refractivity contribution in [3.8, 4) is 0 Å². The molecule has 196 valence electrons. The fourth-order valence-corrected chi connectivity index (χ4v) is 5.75. The van der Waals surface area contributed by atoms with Crippen LogP contribution in [0.5, 0.6) is 0 Å². The zero-order chi connectivity index (χ0) is 26.0. The summed E-state index contributed by atoms with van der Waals surface area (Å²) in [6, 6.07) is 6.51. The maximum Gasteiger partial charge on any atom is 0.410 e. The first-order valence-corrected chi connectivity index (χ1v) is 14.0. The van der Waals surface area contributed by atoms with Crippen LogP contribution >= 0.6 is 11.3 Å². The number of carbonyl (C=O) groups excluding carboxylic acids is 1. The van der Waals surface area contributed by atoms with E-state index in [4.69, 9.17) is 9.72 Å². The normalized spacial score (nSPS) is 16.8. The van der Waals surface area contributed by atoms with Gasteiger partial charge in [0.25, 0.3) is 0 Å². The zero-order valence-electron chi connectivity index (χ0n) is 22.2. The van der Waals surface area contributed by atoms with Crippen molar-refractivity contribution >= 4 is 44.3 Å². The van der Waals surface area contributed by atoms with Crippen molar-refractivity contribution in [3.05, 3.63) is 47.8 Å². The van der Waals surface area contributed by atoms with Crippen molar-refractivity contribution in [1.29, 1.82) is 0 Å². The van der Waals surface area contributed by atoms with Gasteiger partial charge in [-0.1, -0.05) is 36.8 Å². The number of piperazine rings is 1. The van der Waals surface area contributed by atoms with E-state index in [1.54, 1.807) is 16.2 Å². The minimum atomic E-state index is -0.476. The third-order valence-electron chi connectivity index (χ3n) is 6.67. The topological polar surface area (TPSA) is 74.7 Å². The number of ether oxygens (including phenoxy) is 1. The molecule has 5 rings (SSSR count). The summed E-state index contributed by atoms with van der Waals surface area (Å²) in [6.07, 6.45) is 8.77. The van der Waals surface area contributed by atoms with Crippen LogP contribution in [-0.4, -0.2) is 70.8 Å². The summed E-state index contributed by atoms with van der Waals surface area (Å²) in [5.74, 6) is 0.819. The molecule has 37 heavy (non-hydrogen) atoms. The molecule has 2 aliphatic heterocycles. The third kappa shape index (κ3) is 6.04. The monoisotopic (exact) mass is 520 g/mol. The molecule has 0 unspecified atom stereocenters. The van der Waals surface area contributed by atoms with E-state index < -0.39 is 5.60 Å². The highest BCUT2D eigenvalue weighted by Crippen LogP contribution is 2.33. The highest BCUT2D eigenvalue weighted by Gasteiger charge is 2.25. The Morgan fingerprint density at radius 2 is 1.78 bits per heavy atom. The molecule has 2 aliphatic rings. The molecular formula is C28H36N6O2S. The van der Waals surface area contributed by atoms with Crippen LogP contribution in [-0.2, 0) is 11.2 Å². The molecule has 1 saturated heterocycles. The van der Waals surface area contributed by atoms with Crippen LogP contribution in [0.25, 0.3) is 15.8 Å². The van der Waals surface area contributed by atoms with Crippen molar-refractivity contribution < 1.29 is 9.53 Å². The molecule has 3 aromatic rings. The second kappa shape index (κ2) is 10.7. The van der Waals surface area contributed by atoms with Gasteiger partial charge in [0.1, 0.15) is 5.60 Å². The predicted octanol–water partition coefficient (Wildman–Crippen LogP) is 5.39. The molecule has 0 atom stereocenters. The smallest absolute Gasteiger partial charge is 0.410 e. The molecule has 1 fully saturated rings. The van der Waals surface area contributed by atoms with Crippen LogP contribution in [0, 0.1) is 0 Å². The average molecular weight is 521 g/mol. The molecule has 8 nitrogen and oxygen atoms in total. The summed E-state index contributed by atoms with van der Waals surface area (Å²) in [5.41, 5.74) is 4.24. The molecule has 0 radical (unpaired) electrons. The number of benzene rings is 1. The molecular weight excluding hydrogens is 484 g/mol. The van der Waals surface area contributed by atoms with E-state index in [0.29, 0.717) is 13.1 Å². The summed E-state index contributed by atoms with van der Waals surface area (Å²) in [6.45, 7) is 12.7. The minimum Gasteiger partial charge on any atom is -0.444 e. The number of hydrogen-bond donors (Lipinski definition) is 0. The first-order chi connectivity index (χ1) is 17.8. The lowest BCUT2D eigenvalue weighted by atomic mass is 9.99. The van der Waals surface area contributed by atoms with Gasteiger partial charge in [-0.2, -0.15) is 0 Å². The molecule has 9 heteroatoms. The van der Waals surface area contributed by atoms with Crippen LogP contribution in [0.2, 0.25) is 0 Å². The summed E-state index contributed by atoms with van der Waals surface area (Å²) in [4.78, 5) is 32.9. The maximum absolute atomic E-state index is 12.4. The Labute approximate surface area is 223 Å². The Kier molecular flexibility index (Phi) is 7.33. The van der Waals surface area contributed by atoms with Gasteiger partial charge in [-0.3, -0.25) is 0 Å². The quantitative estimate of drug-likeness (QED) is 0.447. The lowest BCUT2D eigenvalue weighted by molar-refractivity contribution is 0.0270. The van der Waals surface area contributed by atoms with Crippen molar-refractivity contribution in [2.45, 2.75) is 52.6 Å². The largest absolute Gasteiger partial charge is 0.444 e. The molecule has 0 saturated carbocycles. The van der Waals surface area contributed by atoms with Crippen LogP contribution in [0.1, 0.15) is 51.7 Å². The van der Waals surface area contributed by atoms with Gasteiger partial charge < -0.3 is 19.4 Å². The van der Waals surface area contributed by atoms with Gasteiger partial charge >= 0.3 is 6.09 Å². The van der Waals surface area contributed by atoms with Gasteiger partial charge in [-0.05, 0) is 62.4 Å². The highest BCUT2D eigenvalue weighted by molar-refractivity contribution is 7.22. The number of carbonyl (C=O) groups is 1. The van der Waals surface area contributed by atoms with Crippen molar-refractivity contribution in [1.82, 2.24) is 19.9 Å². The number of thiazole rings is 1. The summed E-state index contributed by atoms with van der Waals surface area (Å²) >= 11 is 1.75. The average Bonchev–Trinajstić information content (AvgIpc) is 3.32. The molecule has 4 heterocycles. The van der Waals surface area contributed by atoms with Crippen LogP contribution in [0.4, 0.5) is 15.9 Å². The minimum absolute atomic E-state index is 0.245. The lowest BCUT2D eigenvalue weighted by Gasteiger charge is -2.34. The predicted molar refractivity (Wildman–Crippen MR) is 150 cm³/mol. The summed E-state index contributed by atoms with van der Waals surface area (Å²) in [7, 11) is 0. The standard InChI is InChI=1S/C28H36N6O2S/c1-5-6-20-18-29-25(30-19-20)32-13-15-33(16-14-32)26-31-23-8-7-22(17-24(23)37-26)21-9-11-34(12-10-21)27(35)36-28(2,3)4/h7-9,17-19H,5-6,10-16H2,1-4H3. The molecule has 0 spiro atoms. The SMILES string of the molecule is CCCc1cnc(N2CCN(c3nc4ccc(C5=CCN(C(=O)OC(C)(C)C)CC5)cc4s3)CC2)nc1. The number of aromatic nitrogens is 3. The van der Waals surface area contributed by atoms with Gasteiger partial charge in [0.05, 0.1) is 10.2 Å². The van der Waals surface area contributed by atoms with E-state index in [1.807, 2.05) is 33.2 Å². The Morgan fingerprint density at radius 1 is 1.05 bits per heavy atom. The van der Waals surface area contributed by atoms with Crippen LogP contribution in [0.15, 0.2) is 36.7 Å². The molecule has 0 aliphatic carbocycles. The summed E-state index contributed by atoms with van der Waals surface area (Å²) in [5, 5.41) is 1.07. The number of anilines is 2. The second-order valence-electron chi connectivity index (χ2n) is 10.7. The Hall–Kier alpha value is -3.20. The van der Waals surface area contributed by atoms with E-state index in [2.05, 4.69) is 51.0 Å². The fraction of sp³-hybridized carbons (Fsp3) is 0.500. The molecule has 0 N–H and O–H groups in total. The van der Waals surface area contributed by atoms with Crippen molar-refractivity contribution in [3.63, 3.8) is 0 Å². The number of hydrogen-bond acceptors (Lipinski definition) is 8.